The Bertz CT molecular complexity index is 800. The number of hydrogen-bond donors (Lipinski definition) is 3. The molecule has 0 aliphatic heterocycles. The molecule has 4 saturated carbocycles. The highest BCUT2D eigenvalue weighted by atomic mass is 17.1. The summed E-state index contributed by atoms with van der Waals surface area (Å²) >= 11 is 0. The first-order chi connectivity index (χ1) is 15.6. The molecule has 0 unspecified atom stereocenters. The molecule has 4 nitrogen and oxygen atoms in total. The van der Waals surface area contributed by atoms with E-state index in [0.717, 1.165) is 19.3 Å². The Balaban J connectivity index is 1.59. The number of hydrogen-bond acceptors (Lipinski definition) is 4. The molecular weight excluding hydrogens is 424 g/mol. The van der Waals surface area contributed by atoms with Crippen molar-refractivity contribution >= 4 is 0 Å². The van der Waals surface area contributed by atoms with Gasteiger partial charge in [0.25, 0.3) is 0 Å². The Morgan fingerprint density at radius 3 is 2.15 bits per heavy atom. The van der Waals surface area contributed by atoms with Crippen molar-refractivity contribution in [1.29, 1.82) is 0 Å². The van der Waals surface area contributed by atoms with Crippen LogP contribution in [0.25, 0.3) is 0 Å². The van der Waals surface area contributed by atoms with Gasteiger partial charge in [-0.15, -0.1) is 0 Å². The number of fused-ring (bicyclic) bond motifs is 5. The van der Waals surface area contributed by atoms with Crippen molar-refractivity contribution in [1.82, 2.24) is 0 Å². The fourth-order valence-corrected chi connectivity index (χ4v) is 10.2. The van der Waals surface area contributed by atoms with E-state index in [4.69, 9.17) is 5.26 Å². The van der Waals surface area contributed by atoms with E-state index < -0.39 is 11.2 Å². The van der Waals surface area contributed by atoms with E-state index in [-0.39, 0.29) is 22.3 Å². The molecule has 34 heavy (non-hydrogen) atoms. The summed E-state index contributed by atoms with van der Waals surface area (Å²) in [7, 11) is 0. The number of rotatable bonds is 5. The molecule has 0 bridgehead atoms. The fraction of sp³-hybridized carbons (Fsp3) is 0.933. The van der Waals surface area contributed by atoms with Crippen LogP contribution in [0.5, 0.6) is 0 Å². The SMILES string of the molecule is CC(C)(/C=C/C[C@](C)(O)[C@H]1CC[C@]2(C)[C@@H]1CC[C@@H]1[C@@]3(C)CC[C@H](O)C(C)(C)[C@@H]3CC[C@]12C)OO. The van der Waals surface area contributed by atoms with Gasteiger partial charge in [-0.3, -0.25) is 5.26 Å². The molecule has 4 aliphatic carbocycles. The average Bonchev–Trinajstić information content (AvgIpc) is 3.10. The Labute approximate surface area is 208 Å². The van der Waals surface area contributed by atoms with Crippen molar-refractivity contribution in [3.8, 4) is 0 Å². The molecule has 3 N–H and O–H groups in total. The van der Waals surface area contributed by atoms with Crippen molar-refractivity contribution in [2.45, 2.75) is 130 Å². The quantitative estimate of drug-likeness (QED) is 0.227. The van der Waals surface area contributed by atoms with Gasteiger partial charge in [-0.25, -0.2) is 4.89 Å². The highest BCUT2D eigenvalue weighted by Gasteiger charge is 2.69. The first-order valence-corrected chi connectivity index (χ1v) is 14.0. The summed E-state index contributed by atoms with van der Waals surface area (Å²) < 4.78 is 0. The summed E-state index contributed by atoms with van der Waals surface area (Å²) in [5, 5.41) is 31.6. The van der Waals surface area contributed by atoms with Crippen LogP contribution in [0.4, 0.5) is 0 Å². The molecule has 0 radical (unpaired) electrons. The molecule has 0 aromatic carbocycles. The summed E-state index contributed by atoms with van der Waals surface area (Å²) in [6.45, 7) is 18.0. The van der Waals surface area contributed by atoms with Crippen LogP contribution in [0, 0.1) is 45.3 Å². The van der Waals surface area contributed by atoms with Gasteiger partial charge in [0.1, 0.15) is 5.60 Å². The van der Waals surface area contributed by atoms with Crippen LogP contribution in [0.3, 0.4) is 0 Å². The molecule has 9 atom stereocenters. The summed E-state index contributed by atoms with van der Waals surface area (Å²) in [6, 6.07) is 0. The minimum absolute atomic E-state index is 0.00758. The van der Waals surface area contributed by atoms with E-state index >= 15 is 0 Å². The Morgan fingerprint density at radius 2 is 1.50 bits per heavy atom. The normalized spacial score (nSPS) is 48.1. The molecular formula is C30H52O4. The zero-order valence-electron chi connectivity index (χ0n) is 23.2. The minimum Gasteiger partial charge on any atom is -0.393 e. The van der Waals surface area contributed by atoms with Crippen LogP contribution in [-0.2, 0) is 4.89 Å². The summed E-state index contributed by atoms with van der Waals surface area (Å²) in [6.07, 6.45) is 13.6. The van der Waals surface area contributed by atoms with Gasteiger partial charge < -0.3 is 10.2 Å². The van der Waals surface area contributed by atoms with Gasteiger partial charge in [0, 0.05) is 0 Å². The predicted molar refractivity (Wildman–Crippen MR) is 137 cm³/mol. The van der Waals surface area contributed by atoms with E-state index in [0.29, 0.717) is 35.5 Å². The predicted octanol–water partition coefficient (Wildman–Crippen LogP) is 7.00. The molecule has 4 aliphatic rings. The Hall–Kier alpha value is -0.420. The highest BCUT2D eigenvalue weighted by molar-refractivity contribution is 5.18. The second-order valence-corrected chi connectivity index (χ2v) is 14.8. The van der Waals surface area contributed by atoms with Gasteiger partial charge in [-0.2, -0.15) is 0 Å². The second-order valence-electron chi connectivity index (χ2n) is 14.8. The fourth-order valence-electron chi connectivity index (χ4n) is 10.2. The molecule has 4 heteroatoms. The van der Waals surface area contributed by atoms with Crippen molar-refractivity contribution in [3.05, 3.63) is 12.2 Å². The zero-order valence-corrected chi connectivity index (χ0v) is 23.2. The van der Waals surface area contributed by atoms with Crippen molar-refractivity contribution in [3.63, 3.8) is 0 Å². The monoisotopic (exact) mass is 476 g/mol. The van der Waals surface area contributed by atoms with Crippen LogP contribution in [0.1, 0.15) is 113 Å². The summed E-state index contributed by atoms with van der Waals surface area (Å²) in [5.41, 5.74) is -0.675. The summed E-state index contributed by atoms with van der Waals surface area (Å²) in [5.74, 6) is 2.12. The molecule has 0 aromatic rings. The van der Waals surface area contributed by atoms with E-state index in [1.165, 1.54) is 32.1 Å². The topological polar surface area (TPSA) is 69.9 Å². The molecule has 0 heterocycles. The number of aliphatic hydroxyl groups excluding tert-OH is 1. The molecule has 196 valence electrons. The Kier molecular flexibility index (Phi) is 6.50. The van der Waals surface area contributed by atoms with E-state index in [9.17, 15) is 10.2 Å². The standard InChI is InChI=1S/C30H52O4/c1-25(2,34-33)15-9-16-30(8,32)21-12-18-28(6)20(21)10-11-23-27(5)17-14-24(31)26(3,4)22(27)13-19-29(23,28)7/h9,15,20-24,31-33H,10-14,16-19H2,1-8H3/b15-9+/t20-,21+,22+,23-,24+,27+,28-,29-,30+/m1/s1. The molecule has 4 rings (SSSR count). The maximum Gasteiger partial charge on any atom is 0.116 e. The van der Waals surface area contributed by atoms with Crippen molar-refractivity contribution in [2.24, 2.45) is 45.3 Å². The van der Waals surface area contributed by atoms with Crippen LogP contribution < -0.4 is 0 Å². The zero-order chi connectivity index (χ0) is 25.4. The van der Waals surface area contributed by atoms with Crippen molar-refractivity contribution < 1.29 is 20.4 Å². The van der Waals surface area contributed by atoms with E-state index in [1.54, 1.807) is 0 Å². The maximum absolute atomic E-state index is 11.7. The average molecular weight is 477 g/mol. The smallest absolute Gasteiger partial charge is 0.116 e. The lowest BCUT2D eigenvalue weighted by Crippen LogP contribution is -2.64. The van der Waals surface area contributed by atoms with E-state index in [1.807, 2.05) is 32.9 Å². The molecule has 0 amide bonds. The van der Waals surface area contributed by atoms with Crippen molar-refractivity contribution in [2.75, 3.05) is 0 Å². The third kappa shape index (κ3) is 3.76. The lowest BCUT2D eigenvalue weighted by Gasteiger charge is -2.70. The first kappa shape index (κ1) is 26.6. The largest absolute Gasteiger partial charge is 0.393 e. The minimum atomic E-state index is -0.758. The maximum atomic E-state index is 11.7. The van der Waals surface area contributed by atoms with Crippen LogP contribution in [0.15, 0.2) is 12.2 Å². The molecule has 0 aromatic heterocycles. The first-order valence-electron chi connectivity index (χ1n) is 14.0. The molecule has 0 spiro atoms. The van der Waals surface area contributed by atoms with Gasteiger partial charge in [0.15, 0.2) is 0 Å². The van der Waals surface area contributed by atoms with Gasteiger partial charge in [-0.1, -0.05) is 46.8 Å². The Morgan fingerprint density at radius 1 is 0.853 bits per heavy atom. The third-order valence-electron chi connectivity index (χ3n) is 12.5. The second kappa shape index (κ2) is 8.30. The van der Waals surface area contributed by atoms with Crippen LogP contribution >= 0.6 is 0 Å². The van der Waals surface area contributed by atoms with Gasteiger partial charge in [0.2, 0.25) is 0 Å². The number of aliphatic hydroxyl groups is 2. The van der Waals surface area contributed by atoms with Crippen LogP contribution in [0.2, 0.25) is 0 Å². The van der Waals surface area contributed by atoms with Gasteiger partial charge in [-0.05, 0) is 124 Å². The molecule has 4 fully saturated rings. The van der Waals surface area contributed by atoms with Gasteiger partial charge >= 0.3 is 0 Å². The van der Waals surface area contributed by atoms with Gasteiger partial charge in [0.05, 0.1) is 11.7 Å². The third-order valence-corrected chi connectivity index (χ3v) is 12.5. The molecule has 0 saturated heterocycles. The highest BCUT2D eigenvalue weighted by Crippen LogP contribution is 2.75. The lowest BCUT2D eigenvalue weighted by atomic mass is 9.35. The van der Waals surface area contributed by atoms with Crippen LogP contribution in [-0.4, -0.2) is 32.8 Å². The summed E-state index contributed by atoms with van der Waals surface area (Å²) in [4.78, 5) is 4.54. The van der Waals surface area contributed by atoms with E-state index in [2.05, 4.69) is 39.5 Å². The lowest BCUT2D eigenvalue weighted by molar-refractivity contribution is -0.297.